The minimum Gasteiger partial charge on any atom is -0.396 e. The van der Waals surface area contributed by atoms with Gasteiger partial charge in [0.15, 0.2) is 5.82 Å². The Labute approximate surface area is 121 Å². The van der Waals surface area contributed by atoms with Gasteiger partial charge in [0.05, 0.1) is 11.9 Å². The number of sulfonamides is 1. The van der Waals surface area contributed by atoms with Crippen molar-refractivity contribution in [3.63, 3.8) is 0 Å². The number of anilines is 1. The summed E-state index contributed by atoms with van der Waals surface area (Å²) in [5, 5.41) is 0. The second-order valence-electron chi connectivity index (χ2n) is 4.78. The summed E-state index contributed by atoms with van der Waals surface area (Å²) in [6.07, 6.45) is 1.07. The van der Waals surface area contributed by atoms with Crippen LogP contribution in [0.25, 0.3) is 0 Å². The lowest BCUT2D eigenvalue weighted by Gasteiger charge is -2.33. The van der Waals surface area contributed by atoms with E-state index in [0.717, 1.165) is 18.4 Å². The number of hydrogen-bond donors (Lipinski definition) is 1. The number of nitrogen functional groups attached to an aromatic ring is 1. The van der Waals surface area contributed by atoms with Crippen molar-refractivity contribution in [1.82, 2.24) is 9.21 Å². The van der Waals surface area contributed by atoms with Crippen LogP contribution in [0.15, 0.2) is 12.1 Å². The Morgan fingerprint density at radius 2 is 1.76 bits per heavy atom. The molecular weight excluding hydrogens is 304 g/mol. The molecule has 0 spiro atoms. The van der Waals surface area contributed by atoms with Gasteiger partial charge in [0.25, 0.3) is 5.91 Å². The predicted molar refractivity (Wildman–Crippen MR) is 73.1 cm³/mol. The number of halogens is 2. The molecule has 1 heterocycles. The Balaban J connectivity index is 2.19. The van der Waals surface area contributed by atoms with Crippen LogP contribution in [0.2, 0.25) is 0 Å². The first-order valence-corrected chi connectivity index (χ1v) is 8.04. The van der Waals surface area contributed by atoms with Crippen molar-refractivity contribution < 1.29 is 22.0 Å². The molecule has 1 aliphatic rings. The molecule has 0 bridgehead atoms. The first-order chi connectivity index (χ1) is 9.71. The van der Waals surface area contributed by atoms with E-state index in [0.29, 0.717) is 0 Å². The van der Waals surface area contributed by atoms with Crippen molar-refractivity contribution in [2.75, 3.05) is 38.2 Å². The Morgan fingerprint density at radius 3 is 2.29 bits per heavy atom. The zero-order valence-corrected chi connectivity index (χ0v) is 12.2. The van der Waals surface area contributed by atoms with Crippen molar-refractivity contribution in [3.8, 4) is 0 Å². The van der Waals surface area contributed by atoms with Gasteiger partial charge in [-0.15, -0.1) is 0 Å². The minimum atomic E-state index is -3.34. The van der Waals surface area contributed by atoms with E-state index in [1.165, 1.54) is 9.21 Å². The largest absolute Gasteiger partial charge is 0.396 e. The lowest BCUT2D eigenvalue weighted by atomic mass is 10.1. The van der Waals surface area contributed by atoms with E-state index in [4.69, 9.17) is 5.73 Å². The quantitative estimate of drug-likeness (QED) is 0.793. The number of nitrogens with two attached hydrogens (primary N) is 1. The Kier molecular flexibility index (Phi) is 4.15. The summed E-state index contributed by atoms with van der Waals surface area (Å²) in [6.45, 7) is 0.325. The molecule has 1 saturated heterocycles. The molecule has 1 aromatic rings. The molecule has 0 saturated carbocycles. The van der Waals surface area contributed by atoms with Crippen LogP contribution in [0.5, 0.6) is 0 Å². The van der Waals surface area contributed by atoms with E-state index < -0.39 is 33.1 Å². The van der Waals surface area contributed by atoms with Crippen molar-refractivity contribution in [2.24, 2.45) is 0 Å². The number of carbonyl (C=O) groups excluding carboxylic acids is 1. The van der Waals surface area contributed by atoms with E-state index in [1.807, 2.05) is 0 Å². The summed E-state index contributed by atoms with van der Waals surface area (Å²) in [7, 11) is -3.34. The van der Waals surface area contributed by atoms with Crippen LogP contribution in [0, 0.1) is 11.6 Å². The number of amides is 1. The molecule has 0 radical (unpaired) electrons. The highest BCUT2D eigenvalue weighted by atomic mass is 32.2. The summed E-state index contributed by atoms with van der Waals surface area (Å²) >= 11 is 0. The number of hydrogen-bond acceptors (Lipinski definition) is 4. The fourth-order valence-corrected chi connectivity index (χ4v) is 2.97. The zero-order chi connectivity index (χ0) is 15.8. The molecule has 0 aliphatic carbocycles. The van der Waals surface area contributed by atoms with E-state index in [1.54, 1.807) is 0 Å². The second-order valence-corrected chi connectivity index (χ2v) is 6.76. The van der Waals surface area contributed by atoms with E-state index in [9.17, 15) is 22.0 Å². The van der Waals surface area contributed by atoms with Crippen molar-refractivity contribution in [1.29, 1.82) is 0 Å². The first-order valence-electron chi connectivity index (χ1n) is 6.19. The van der Waals surface area contributed by atoms with Crippen LogP contribution in [-0.2, 0) is 10.0 Å². The Bertz CT molecular complexity index is 671. The highest BCUT2D eigenvalue weighted by molar-refractivity contribution is 7.88. The lowest BCUT2D eigenvalue weighted by molar-refractivity contribution is 0.0688. The molecule has 9 heteroatoms. The molecule has 1 amide bonds. The van der Waals surface area contributed by atoms with Gasteiger partial charge in [-0.1, -0.05) is 0 Å². The van der Waals surface area contributed by atoms with Crippen LogP contribution in [0.4, 0.5) is 14.5 Å². The minimum absolute atomic E-state index is 0.0690. The van der Waals surface area contributed by atoms with Gasteiger partial charge < -0.3 is 10.6 Å². The summed E-state index contributed by atoms with van der Waals surface area (Å²) in [5.41, 5.74) is 4.32. The molecule has 1 aromatic carbocycles. The van der Waals surface area contributed by atoms with E-state index in [-0.39, 0.29) is 31.9 Å². The molecule has 116 valence electrons. The molecular formula is C12H15F2N3O3S. The van der Waals surface area contributed by atoms with Crippen LogP contribution in [-0.4, -0.2) is 56.0 Å². The number of piperazine rings is 1. The fourth-order valence-electron chi connectivity index (χ4n) is 2.15. The average molecular weight is 319 g/mol. The van der Waals surface area contributed by atoms with Crippen LogP contribution < -0.4 is 5.73 Å². The standard InChI is InChI=1S/C12H15F2N3O3S/c1-21(19,20)17-6-4-16(5-7-17)12(18)10-8(13)2-3-9(15)11(10)14/h2-3H,4-7,15H2,1H3. The third kappa shape index (κ3) is 3.13. The molecule has 1 aliphatic heterocycles. The fraction of sp³-hybridized carbons (Fsp3) is 0.417. The first kappa shape index (κ1) is 15.6. The molecule has 2 N–H and O–H groups in total. The van der Waals surface area contributed by atoms with Gasteiger partial charge in [0.2, 0.25) is 10.0 Å². The van der Waals surface area contributed by atoms with Gasteiger partial charge in [-0.05, 0) is 12.1 Å². The average Bonchev–Trinajstić information content (AvgIpc) is 2.42. The predicted octanol–water partition coefficient (Wildman–Crippen LogP) is 0.264. The Hall–Kier alpha value is -1.74. The molecule has 6 nitrogen and oxygen atoms in total. The van der Waals surface area contributed by atoms with E-state index >= 15 is 0 Å². The van der Waals surface area contributed by atoms with Gasteiger partial charge >= 0.3 is 0 Å². The van der Waals surface area contributed by atoms with Gasteiger partial charge in [-0.25, -0.2) is 17.2 Å². The van der Waals surface area contributed by atoms with Crippen molar-refractivity contribution in [2.45, 2.75) is 0 Å². The second kappa shape index (κ2) is 5.57. The maximum absolute atomic E-state index is 13.8. The van der Waals surface area contributed by atoms with Crippen LogP contribution in [0.3, 0.4) is 0 Å². The van der Waals surface area contributed by atoms with Crippen LogP contribution >= 0.6 is 0 Å². The summed E-state index contributed by atoms with van der Waals surface area (Å²) in [5.74, 6) is -2.91. The maximum atomic E-state index is 13.8. The monoisotopic (exact) mass is 319 g/mol. The van der Waals surface area contributed by atoms with Crippen molar-refractivity contribution in [3.05, 3.63) is 29.3 Å². The molecule has 0 aromatic heterocycles. The number of nitrogens with zero attached hydrogens (tertiary/aromatic N) is 2. The topological polar surface area (TPSA) is 83.7 Å². The lowest BCUT2D eigenvalue weighted by Crippen LogP contribution is -2.50. The highest BCUT2D eigenvalue weighted by Gasteiger charge is 2.29. The summed E-state index contributed by atoms with van der Waals surface area (Å²) < 4.78 is 51.4. The van der Waals surface area contributed by atoms with Gasteiger partial charge in [0, 0.05) is 26.2 Å². The van der Waals surface area contributed by atoms with Gasteiger partial charge in [-0.2, -0.15) is 4.31 Å². The zero-order valence-electron chi connectivity index (χ0n) is 11.3. The molecule has 2 rings (SSSR count). The molecule has 0 atom stereocenters. The number of benzene rings is 1. The van der Waals surface area contributed by atoms with Crippen LogP contribution in [0.1, 0.15) is 10.4 Å². The molecule has 0 unspecified atom stereocenters. The number of carbonyl (C=O) groups is 1. The highest BCUT2D eigenvalue weighted by Crippen LogP contribution is 2.21. The third-order valence-electron chi connectivity index (χ3n) is 3.33. The maximum Gasteiger partial charge on any atom is 0.260 e. The molecule has 1 fully saturated rings. The van der Waals surface area contributed by atoms with Gasteiger partial charge in [0.1, 0.15) is 11.4 Å². The summed E-state index contributed by atoms with van der Waals surface area (Å²) in [6, 6.07) is 1.97. The SMILES string of the molecule is CS(=O)(=O)N1CCN(C(=O)c2c(F)ccc(N)c2F)CC1. The van der Waals surface area contributed by atoms with Crippen molar-refractivity contribution >= 4 is 21.6 Å². The summed E-state index contributed by atoms with van der Waals surface area (Å²) in [4.78, 5) is 13.4. The van der Waals surface area contributed by atoms with E-state index in [2.05, 4.69) is 0 Å². The third-order valence-corrected chi connectivity index (χ3v) is 4.63. The molecule has 21 heavy (non-hydrogen) atoms. The normalized spacial score (nSPS) is 17.0. The smallest absolute Gasteiger partial charge is 0.260 e. The van der Waals surface area contributed by atoms with Gasteiger partial charge in [-0.3, -0.25) is 4.79 Å². The Morgan fingerprint density at radius 1 is 1.19 bits per heavy atom. The number of rotatable bonds is 2.